The van der Waals surface area contributed by atoms with Crippen molar-refractivity contribution in [2.75, 3.05) is 0 Å². The smallest absolute Gasteiger partial charge is 0.187 e. The molecular weight excluding hydrogens is 595 g/mol. The quantitative estimate of drug-likeness (QED) is 0.181. The summed E-state index contributed by atoms with van der Waals surface area (Å²) in [6.45, 7) is 7.62. The second-order valence-electron chi connectivity index (χ2n) is 12.0. The van der Waals surface area contributed by atoms with E-state index in [1.54, 1.807) is 11.3 Å². The Morgan fingerprint density at radius 2 is 1.28 bits per heavy atom. The molecule has 0 bridgehead atoms. The molecule has 5 heteroatoms. The summed E-state index contributed by atoms with van der Waals surface area (Å²) in [4.78, 5) is 14.2. The number of benzene rings is 6. The van der Waals surface area contributed by atoms with E-state index in [0.29, 0.717) is 11.5 Å². The van der Waals surface area contributed by atoms with Gasteiger partial charge in [0.25, 0.3) is 0 Å². The van der Waals surface area contributed by atoms with Crippen molar-refractivity contribution in [2.45, 2.75) is 5.41 Å². The molecule has 0 saturated carbocycles. The van der Waals surface area contributed by atoms with Crippen molar-refractivity contribution in [3.05, 3.63) is 173 Å². The van der Waals surface area contributed by atoms with E-state index in [2.05, 4.69) is 108 Å². The molecule has 0 unspecified atom stereocenters. The standard InChI is InChI=1S/C42H23N3OS/c1-43-26-13-10-12-25(24-26)41-44-38-28-15-3-9-23-36(28)47-40(38)39(45-41)29-16-11-20-33-37(29)27-14-2-4-17-30(27)42(33)31-18-5-7-21-34(31)46-35-22-8-6-19-32(35)42/h2-24H. The van der Waals surface area contributed by atoms with Crippen LogP contribution in [0.1, 0.15) is 22.3 Å². The molecule has 1 aliphatic carbocycles. The largest absolute Gasteiger partial charge is 0.457 e. The number of rotatable bonds is 2. The zero-order valence-corrected chi connectivity index (χ0v) is 25.8. The molecule has 0 amide bonds. The van der Waals surface area contributed by atoms with Gasteiger partial charge in [-0.3, -0.25) is 0 Å². The van der Waals surface area contributed by atoms with Gasteiger partial charge in [0.1, 0.15) is 11.5 Å². The van der Waals surface area contributed by atoms with E-state index < -0.39 is 5.41 Å². The summed E-state index contributed by atoms with van der Waals surface area (Å²) in [5, 5.41) is 1.11. The molecule has 0 saturated heterocycles. The van der Waals surface area contributed by atoms with Gasteiger partial charge >= 0.3 is 0 Å². The van der Waals surface area contributed by atoms with Crippen molar-refractivity contribution in [3.63, 3.8) is 0 Å². The van der Waals surface area contributed by atoms with Crippen LogP contribution >= 0.6 is 11.3 Å². The Bertz CT molecular complexity index is 2600. The lowest BCUT2D eigenvalue weighted by molar-refractivity contribution is 0.436. The molecule has 10 rings (SSSR count). The van der Waals surface area contributed by atoms with E-state index in [-0.39, 0.29) is 0 Å². The van der Waals surface area contributed by atoms with Crippen molar-refractivity contribution in [1.29, 1.82) is 0 Å². The first-order valence-electron chi connectivity index (χ1n) is 15.5. The van der Waals surface area contributed by atoms with Crippen molar-refractivity contribution in [3.8, 4) is 45.3 Å². The fraction of sp³-hybridized carbons (Fsp3) is 0.0238. The maximum absolute atomic E-state index is 7.62. The third-order valence-electron chi connectivity index (χ3n) is 9.58. The van der Waals surface area contributed by atoms with E-state index in [0.717, 1.165) is 55.0 Å². The minimum Gasteiger partial charge on any atom is -0.457 e. The van der Waals surface area contributed by atoms with Gasteiger partial charge in [0.05, 0.1) is 27.9 Å². The molecule has 218 valence electrons. The van der Waals surface area contributed by atoms with Crippen molar-refractivity contribution in [1.82, 2.24) is 9.97 Å². The van der Waals surface area contributed by atoms with E-state index >= 15 is 0 Å². The molecule has 4 nitrogen and oxygen atoms in total. The minimum absolute atomic E-state index is 0.563. The van der Waals surface area contributed by atoms with Crippen LogP contribution < -0.4 is 4.74 Å². The SMILES string of the molecule is [C-]#[N+]c1cccc(-c2nc(-c3cccc4c3-c3ccccc3C43c4ccccc4Oc4ccccc43)c3sc4ccccc4c3n2)c1. The summed E-state index contributed by atoms with van der Waals surface area (Å²) in [5.74, 6) is 2.35. The predicted molar refractivity (Wildman–Crippen MR) is 189 cm³/mol. The van der Waals surface area contributed by atoms with Gasteiger partial charge in [0, 0.05) is 32.3 Å². The summed E-state index contributed by atoms with van der Waals surface area (Å²) in [6, 6.07) is 48.3. The van der Waals surface area contributed by atoms with Crippen LogP contribution in [0.25, 0.3) is 58.9 Å². The Morgan fingerprint density at radius 3 is 2.09 bits per heavy atom. The van der Waals surface area contributed by atoms with Gasteiger partial charge in [0.2, 0.25) is 0 Å². The highest BCUT2D eigenvalue weighted by Gasteiger charge is 2.51. The highest BCUT2D eigenvalue weighted by molar-refractivity contribution is 7.26. The van der Waals surface area contributed by atoms with Crippen LogP contribution in [0.4, 0.5) is 5.69 Å². The van der Waals surface area contributed by atoms with Gasteiger partial charge in [-0.2, -0.15) is 0 Å². The first-order valence-corrected chi connectivity index (χ1v) is 16.3. The van der Waals surface area contributed by atoms with Gasteiger partial charge in [-0.1, -0.05) is 115 Å². The first-order chi connectivity index (χ1) is 23.3. The molecule has 0 radical (unpaired) electrons. The third kappa shape index (κ3) is 3.51. The van der Waals surface area contributed by atoms with Gasteiger partial charge in [-0.15, -0.1) is 11.3 Å². The summed E-state index contributed by atoms with van der Waals surface area (Å²) in [6.07, 6.45) is 0. The topological polar surface area (TPSA) is 39.4 Å². The predicted octanol–water partition coefficient (Wildman–Crippen LogP) is 11.2. The maximum atomic E-state index is 7.62. The highest BCUT2D eigenvalue weighted by Crippen LogP contribution is 2.63. The molecule has 2 aliphatic rings. The number of fused-ring (bicyclic) bond motifs is 12. The van der Waals surface area contributed by atoms with Crippen LogP contribution in [0.5, 0.6) is 11.5 Å². The number of ether oxygens (including phenoxy) is 1. The lowest BCUT2D eigenvalue weighted by Gasteiger charge is -2.39. The van der Waals surface area contributed by atoms with E-state index in [4.69, 9.17) is 21.3 Å². The van der Waals surface area contributed by atoms with E-state index in [1.807, 2.05) is 36.4 Å². The second-order valence-corrected chi connectivity index (χ2v) is 13.0. The Balaban J connectivity index is 1.34. The fourth-order valence-corrected chi connectivity index (χ4v) is 8.86. The molecule has 2 aromatic heterocycles. The summed E-state index contributed by atoms with van der Waals surface area (Å²) >= 11 is 1.73. The molecule has 1 aliphatic heterocycles. The average Bonchev–Trinajstić information content (AvgIpc) is 3.66. The van der Waals surface area contributed by atoms with Crippen molar-refractivity contribution >= 4 is 37.3 Å². The molecular formula is C42H23N3OS. The van der Waals surface area contributed by atoms with Crippen molar-refractivity contribution in [2.24, 2.45) is 0 Å². The van der Waals surface area contributed by atoms with Gasteiger partial charge in [-0.05, 0) is 46.5 Å². The monoisotopic (exact) mass is 617 g/mol. The highest BCUT2D eigenvalue weighted by atomic mass is 32.1. The third-order valence-corrected chi connectivity index (χ3v) is 10.7. The number of aromatic nitrogens is 2. The minimum atomic E-state index is -0.563. The van der Waals surface area contributed by atoms with Gasteiger partial charge < -0.3 is 4.74 Å². The van der Waals surface area contributed by atoms with Gasteiger partial charge in [0.15, 0.2) is 11.5 Å². The Kier molecular flexibility index (Phi) is 5.40. The summed E-state index contributed by atoms with van der Waals surface area (Å²) < 4.78 is 8.76. The first kappa shape index (κ1) is 26.2. The lowest BCUT2D eigenvalue weighted by Crippen LogP contribution is -2.32. The van der Waals surface area contributed by atoms with E-state index in [1.165, 1.54) is 27.0 Å². The normalized spacial score (nSPS) is 13.4. The fourth-order valence-electron chi connectivity index (χ4n) is 7.72. The molecule has 6 aromatic carbocycles. The number of nitrogens with zero attached hydrogens (tertiary/aromatic N) is 3. The average molecular weight is 618 g/mol. The lowest BCUT2D eigenvalue weighted by atomic mass is 9.66. The van der Waals surface area contributed by atoms with Crippen LogP contribution in [0.3, 0.4) is 0 Å². The zero-order valence-electron chi connectivity index (χ0n) is 24.9. The van der Waals surface area contributed by atoms with Crippen LogP contribution in [0.2, 0.25) is 0 Å². The summed E-state index contributed by atoms with van der Waals surface area (Å²) in [7, 11) is 0. The molecule has 0 fully saturated rings. The van der Waals surface area contributed by atoms with Gasteiger partial charge in [-0.25, -0.2) is 14.8 Å². The number of hydrogen-bond donors (Lipinski definition) is 0. The Labute approximate surface area is 275 Å². The van der Waals surface area contributed by atoms with Crippen LogP contribution in [0.15, 0.2) is 140 Å². The molecule has 3 heterocycles. The van der Waals surface area contributed by atoms with Crippen molar-refractivity contribution < 1.29 is 4.74 Å². The zero-order chi connectivity index (χ0) is 31.1. The molecule has 0 N–H and O–H groups in total. The Morgan fingerprint density at radius 1 is 0.617 bits per heavy atom. The maximum Gasteiger partial charge on any atom is 0.187 e. The van der Waals surface area contributed by atoms with Crippen LogP contribution in [-0.2, 0) is 5.41 Å². The number of para-hydroxylation sites is 2. The molecule has 47 heavy (non-hydrogen) atoms. The van der Waals surface area contributed by atoms with E-state index in [9.17, 15) is 0 Å². The Hall–Kier alpha value is -6.09. The number of thiophene rings is 1. The molecule has 0 atom stereocenters. The number of hydrogen-bond acceptors (Lipinski definition) is 4. The second kappa shape index (κ2) is 9.70. The van der Waals surface area contributed by atoms with Crippen LogP contribution in [0, 0.1) is 6.57 Å². The summed E-state index contributed by atoms with van der Waals surface area (Å²) in [5.41, 5.74) is 10.8. The molecule has 8 aromatic rings. The van der Waals surface area contributed by atoms with Crippen LogP contribution in [-0.4, -0.2) is 9.97 Å². The molecule has 1 spiro atoms.